The van der Waals surface area contributed by atoms with E-state index in [2.05, 4.69) is 10.2 Å². The van der Waals surface area contributed by atoms with Gasteiger partial charge in [-0.15, -0.1) is 0 Å². The molecule has 1 aliphatic heterocycles. The molecule has 3 N–H and O–H groups in total. The Hall–Kier alpha value is -1.39. The molecule has 0 radical (unpaired) electrons. The highest BCUT2D eigenvalue weighted by atomic mass is 16.1. The number of nitrogens with two attached hydrogens (primary N) is 1. The molecule has 2 aliphatic rings. The smallest absolute Gasteiger partial charge is 0.248 e. The summed E-state index contributed by atoms with van der Waals surface area (Å²) in [5, 5.41) is 3.53. The number of hydrogen-bond acceptors (Lipinski definition) is 3. The lowest BCUT2D eigenvalue weighted by atomic mass is 10.1. The lowest BCUT2D eigenvalue weighted by molar-refractivity contribution is 0.100. The zero-order valence-corrected chi connectivity index (χ0v) is 11.8. The largest absolute Gasteiger partial charge is 0.366 e. The van der Waals surface area contributed by atoms with Crippen LogP contribution in [0.3, 0.4) is 0 Å². The molecule has 20 heavy (non-hydrogen) atoms. The van der Waals surface area contributed by atoms with Gasteiger partial charge in [-0.25, -0.2) is 0 Å². The number of primary amides is 1. The summed E-state index contributed by atoms with van der Waals surface area (Å²) in [4.78, 5) is 13.6. The fourth-order valence-corrected chi connectivity index (χ4v) is 3.01. The number of hydrogen-bond donors (Lipinski definition) is 2. The fourth-order valence-electron chi connectivity index (χ4n) is 3.01. The third-order valence-corrected chi connectivity index (χ3v) is 4.38. The van der Waals surface area contributed by atoms with Crippen LogP contribution in [0.5, 0.6) is 0 Å². The average molecular weight is 273 g/mol. The Labute approximate surface area is 120 Å². The van der Waals surface area contributed by atoms with E-state index in [4.69, 9.17) is 5.73 Å². The maximum Gasteiger partial charge on any atom is 0.248 e. The molecule has 2 fully saturated rings. The Morgan fingerprint density at radius 2 is 2.00 bits per heavy atom. The summed E-state index contributed by atoms with van der Waals surface area (Å²) in [7, 11) is 0. The Balaban J connectivity index is 1.40. The van der Waals surface area contributed by atoms with Crippen LogP contribution in [0.25, 0.3) is 0 Å². The van der Waals surface area contributed by atoms with Crippen LogP contribution >= 0.6 is 0 Å². The highest BCUT2D eigenvalue weighted by molar-refractivity contribution is 5.92. The Morgan fingerprint density at radius 1 is 1.25 bits per heavy atom. The van der Waals surface area contributed by atoms with Gasteiger partial charge in [-0.1, -0.05) is 12.1 Å². The van der Waals surface area contributed by atoms with Crippen LogP contribution in [0.2, 0.25) is 0 Å². The van der Waals surface area contributed by atoms with Gasteiger partial charge in [-0.3, -0.25) is 4.79 Å². The first kappa shape index (κ1) is 13.6. The van der Waals surface area contributed by atoms with E-state index in [1.807, 2.05) is 12.1 Å². The van der Waals surface area contributed by atoms with Crippen LogP contribution in [-0.4, -0.2) is 36.5 Å². The van der Waals surface area contributed by atoms with Crippen molar-refractivity contribution in [3.8, 4) is 0 Å². The van der Waals surface area contributed by atoms with Crippen molar-refractivity contribution in [1.82, 2.24) is 10.2 Å². The van der Waals surface area contributed by atoms with Gasteiger partial charge in [0.2, 0.25) is 5.91 Å². The molecule has 3 rings (SSSR count). The van der Waals surface area contributed by atoms with Gasteiger partial charge in [0.25, 0.3) is 0 Å². The molecule has 1 saturated heterocycles. The minimum Gasteiger partial charge on any atom is -0.366 e. The molecule has 4 heteroatoms. The van der Waals surface area contributed by atoms with Crippen LogP contribution in [0, 0.1) is 5.92 Å². The van der Waals surface area contributed by atoms with Gasteiger partial charge < -0.3 is 16.0 Å². The maximum absolute atomic E-state index is 11.0. The number of nitrogens with one attached hydrogen (secondary N) is 1. The van der Waals surface area contributed by atoms with Gasteiger partial charge >= 0.3 is 0 Å². The van der Waals surface area contributed by atoms with E-state index in [0.29, 0.717) is 5.56 Å². The van der Waals surface area contributed by atoms with Crippen molar-refractivity contribution in [3.05, 3.63) is 35.4 Å². The van der Waals surface area contributed by atoms with E-state index in [1.165, 1.54) is 37.9 Å². The van der Waals surface area contributed by atoms with E-state index in [0.717, 1.165) is 25.0 Å². The van der Waals surface area contributed by atoms with E-state index in [-0.39, 0.29) is 5.91 Å². The average Bonchev–Trinajstić information content (AvgIpc) is 3.20. The van der Waals surface area contributed by atoms with E-state index in [9.17, 15) is 4.79 Å². The predicted octanol–water partition coefficient (Wildman–Crippen LogP) is 1.36. The summed E-state index contributed by atoms with van der Waals surface area (Å²) in [6.07, 6.45) is 4.14. The Morgan fingerprint density at radius 3 is 2.65 bits per heavy atom. The number of rotatable bonds is 6. The number of amides is 1. The van der Waals surface area contributed by atoms with E-state index in [1.54, 1.807) is 12.1 Å². The van der Waals surface area contributed by atoms with Crippen molar-refractivity contribution >= 4 is 5.91 Å². The molecule has 0 spiro atoms. The van der Waals surface area contributed by atoms with Crippen molar-refractivity contribution in [2.45, 2.75) is 31.8 Å². The zero-order chi connectivity index (χ0) is 13.9. The maximum atomic E-state index is 11.0. The second kappa shape index (κ2) is 5.94. The molecule has 4 nitrogen and oxygen atoms in total. The molecule has 1 atom stereocenters. The van der Waals surface area contributed by atoms with Gasteiger partial charge in [0.05, 0.1) is 0 Å². The van der Waals surface area contributed by atoms with Crippen LogP contribution in [0.4, 0.5) is 0 Å². The molecule has 0 aromatic heterocycles. The standard InChI is InChI=1S/C16H23N3O/c17-16(20)14-3-1-12(2-4-14)9-18-10-13-7-8-19(11-13)15-5-6-15/h1-4,13,15,18H,5-11H2,(H2,17,20). The molecule has 1 unspecified atom stereocenters. The fraction of sp³-hybridized carbons (Fsp3) is 0.562. The third kappa shape index (κ3) is 3.38. The number of nitrogens with zero attached hydrogens (tertiary/aromatic N) is 1. The normalized spacial score (nSPS) is 23.1. The van der Waals surface area contributed by atoms with Gasteiger partial charge in [0, 0.05) is 24.7 Å². The first-order chi connectivity index (χ1) is 9.72. The van der Waals surface area contributed by atoms with Crippen molar-refractivity contribution < 1.29 is 4.79 Å². The highest BCUT2D eigenvalue weighted by Crippen LogP contribution is 2.31. The number of carbonyl (C=O) groups is 1. The lowest BCUT2D eigenvalue weighted by Gasteiger charge is -2.15. The van der Waals surface area contributed by atoms with Crippen molar-refractivity contribution in [2.24, 2.45) is 11.7 Å². The van der Waals surface area contributed by atoms with Crippen LogP contribution < -0.4 is 11.1 Å². The quantitative estimate of drug-likeness (QED) is 0.823. The van der Waals surface area contributed by atoms with Crippen LogP contribution in [0.15, 0.2) is 24.3 Å². The number of likely N-dealkylation sites (tertiary alicyclic amines) is 1. The highest BCUT2D eigenvalue weighted by Gasteiger charge is 2.33. The molecular weight excluding hydrogens is 250 g/mol. The summed E-state index contributed by atoms with van der Waals surface area (Å²) in [5.41, 5.74) is 7.00. The van der Waals surface area contributed by atoms with Crippen molar-refractivity contribution in [1.29, 1.82) is 0 Å². The molecule has 108 valence electrons. The van der Waals surface area contributed by atoms with Crippen LogP contribution in [0.1, 0.15) is 35.2 Å². The van der Waals surface area contributed by atoms with Gasteiger partial charge in [-0.05, 0) is 56.0 Å². The van der Waals surface area contributed by atoms with Gasteiger partial charge in [0.15, 0.2) is 0 Å². The first-order valence-electron chi connectivity index (χ1n) is 7.56. The molecule has 1 saturated carbocycles. The summed E-state index contributed by atoms with van der Waals surface area (Å²) < 4.78 is 0. The Kier molecular flexibility index (Phi) is 4.03. The molecule has 1 amide bonds. The molecule has 1 aromatic rings. The predicted molar refractivity (Wildman–Crippen MR) is 79.4 cm³/mol. The van der Waals surface area contributed by atoms with E-state index < -0.39 is 0 Å². The van der Waals surface area contributed by atoms with Crippen molar-refractivity contribution in [3.63, 3.8) is 0 Å². The monoisotopic (exact) mass is 273 g/mol. The summed E-state index contributed by atoms with van der Waals surface area (Å²) >= 11 is 0. The summed E-state index contributed by atoms with van der Waals surface area (Å²) in [5.74, 6) is 0.427. The third-order valence-electron chi connectivity index (χ3n) is 4.38. The number of benzene rings is 1. The second-order valence-electron chi connectivity index (χ2n) is 6.07. The minimum absolute atomic E-state index is 0.365. The topological polar surface area (TPSA) is 58.4 Å². The summed E-state index contributed by atoms with van der Waals surface area (Å²) in [6.45, 7) is 4.49. The Bertz CT molecular complexity index is 467. The minimum atomic E-state index is -0.365. The summed E-state index contributed by atoms with van der Waals surface area (Å²) in [6, 6.07) is 8.44. The van der Waals surface area contributed by atoms with Crippen molar-refractivity contribution in [2.75, 3.05) is 19.6 Å². The molecule has 1 aliphatic carbocycles. The molecule has 0 bridgehead atoms. The van der Waals surface area contributed by atoms with Gasteiger partial charge in [0.1, 0.15) is 0 Å². The van der Waals surface area contributed by atoms with Crippen LogP contribution in [-0.2, 0) is 6.54 Å². The first-order valence-corrected chi connectivity index (χ1v) is 7.56. The van der Waals surface area contributed by atoms with E-state index >= 15 is 0 Å². The SMILES string of the molecule is NC(=O)c1ccc(CNCC2CCN(C3CC3)C2)cc1. The second-order valence-corrected chi connectivity index (χ2v) is 6.07. The zero-order valence-electron chi connectivity index (χ0n) is 11.8. The lowest BCUT2D eigenvalue weighted by Crippen LogP contribution is -2.27. The number of carbonyl (C=O) groups excluding carboxylic acids is 1. The molecular formula is C16H23N3O. The molecule has 1 aromatic carbocycles. The molecule has 1 heterocycles. The van der Waals surface area contributed by atoms with Gasteiger partial charge in [-0.2, -0.15) is 0 Å².